The number of nitrogens with one attached hydrogen (secondary N) is 5. The van der Waals surface area contributed by atoms with E-state index in [4.69, 9.17) is 156 Å². The number of aliphatic hydroxyl groups excluding tert-OH is 1. The molecule has 28 atom stereocenters. The molecule has 13 heterocycles. The van der Waals surface area contributed by atoms with E-state index < -0.39 is 285 Å². The lowest BCUT2D eigenvalue weighted by Crippen LogP contribution is -2.42. The van der Waals surface area contributed by atoms with Crippen molar-refractivity contribution < 1.29 is 159 Å². The Morgan fingerprint density at radius 1 is 0.410 bits per heavy atom. The molecule has 0 amide bonds. The van der Waals surface area contributed by atoms with Crippen LogP contribution < -0.4 is 67.7 Å². The van der Waals surface area contributed by atoms with Crippen molar-refractivity contribution in [1.82, 2.24) is 67.3 Å². The predicted octanol–water partition coefficient (Wildman–Crippen LogP) is -2.33. The van der Waals surface area contributed by atoms with Gasteiger partial charge in [0.05, 0.1) is 118 Å². The highest BCUT2D eigenvalue weighted by Gasteiger charge is 2.59. The first-order valence-electron chi connectivity index (χ1n) is 44.0. The van der Waals surface area contributed by atoms with Crippen LogP contribution in [0.4, 0.5) is 11.8 Å². The molecule has 13 rings (SSSR count). The van der Waals surface area contributed by atoms with Gasteiger partial charge in [-0.25, -0.2) is 42.7 Å². The Balaban J connectivity index is 0.800. The number of rotatable bonds is 52. The molecule has 802 valence electrons. The molecular weight excluding hydrogens is 2090 g/mol. The van der Waals surface area contributed by atoms with E-state index in [1.54, 1.807) is 6.92 Å². The number of nitrogens with zero attached hydrogens (tertiary/aromatic N) is 9. The number of aryl methyl sites for hydroxylation is 5. The molecule has 144 heavy (non-hydrogen) atoms. The van der Waals surface area contributed by atoms with Gasteiger partial charge in [0.2, 0.25) is 5.95 Å². The molecule has 14 N–H and O–H groups in total. The minimum atomic E-state index is -5.99. The maximum absolute atomic E-state index is 15.5. The third kappa shape index (κ3) is 27.5. The molecule has 6 saturated heterocycles. The predicted molar refractivity (Wildman–Crippen MR) is 500 cm³/mol. The van der Waals surface area contributed by atoms with E-state index >= 15 is 13.7 Å². The molecule has 10 unspecified atom stereocenters. The smallest absolute Gasteiger partial charge is 0.387 e. The summed E-state index contributed by atoms with van der Waals surface area (Å²) in [6, 6.07) is 0. The van der Waals surface area contributed by atoms with Crippen molar-refractivity contribution in [2.75, 3.05) is 146 Å². The fourth-order valence-electron chi connectivity index (χ4n) is 16.2. The lowest BCUT2D eigenvalue weighted by molar-refractivity contribution is -0.0850. The number of ether oxygens (including phenoxy) is 16. The Morgan fingerprint density at radius 2 is 0.757 bits per heavy atom. The molecule has 0 bridgehead atoms. The zero-order valence-electron chi connectivity index (χ0n) is 78.6. The molecule has 0 saturated carbocycles. The molecule has 6 fully saturated rings. The molecule has 7 aromatic heterocycles. The third-order valence-corrected chi connectivity index (χ3v) is 29.9. The van der Waals surface area contributed by atoms with Crippen molar-refractivity contribution in [2.45, 2.75) is 196 Å². The van der Waals surface area contributed by atoms with Crippen LogP contribution in [-0.2, 0) is 158 Å². The summed E-state index contributed by atoms with van der Waals surface area (Å²) in [5.74, 6) is -0.666. The largest absolute Gasteiger partial charge is 0.472 e. The van der Waals surface area contributed by atoms with Gasteiger partial charge in [-0.1, -0.05) is 19.2 Å². The molecule has 0 aromatic carbocycles. The zero-order valence-corrected chi connectivity index (χ0v) is 85.6. The van der Waals surface area contributed by atoms with Gasteiger partial charge < -0.3 is 126 Å². The number of hydrogen-bond acceptors (Lipinski definition) is 47. The van der Waals surface area contributed by atoms with E-state index in [1.807, 2.05) is 0 Å². The van der Waals surface area contributed by atoms with E-state index in [0.29, 0.717) is 0 Å². The van der Waals surface area contributed by atoms with Gasteiger partial charge in [0, 0.05) is 101 Å². The van der Waals surface area contributed by atoms with Gasteiger partial charge in [-0.2, -0.15) is 9.97 Å². The van der Waals surface area contributed by atoms with Crippen LogP contribution in [0.15, 0.2) is 85.3 Å². The normalized spacial score (nSPS) is 29.2. The van der Waals surface area contributed by atoms with Crippen molar-refractivity contribution in [2.24, 2.45) is 0 Å². The van der Waals surface area contributed by atoms with Gasteiger partial charge in [-0.15, -0.1) is 0 Å². The number of aromatic nitrogens is 14. The van der Waals surface area contributed by atoms with Gasteiger partial charge in [0.15, 0.2) is 42.3 Å². The van der Waals surface area contributed by atoms with E-state index in [9.17, 15) is 72.6 Å². The Kier molecular flexibility index (Phi) is 38.9. The van der Waals surface area contributed by atoms with Crippen molar-refractivity contribution in [1.29, 1.82) is 0 Å². The number of methoxy groups -OCH3 is 5. The Hall–Kier alpha value is -7.35. The van der Waals surface area contributed by atoms with Gasteiger partial charge in [0.1, 0.15) is 104 Å². The topological polar surface area (TPSA) is 762 Å². The number of nitrogens with two attached hydrogens (primary N) is 2. The van der Waals surface area contributed by atoms with E-state index in [0.717, 1.165) is 58.5 Å². The fraction of sp³-hybridized carbons (Fsp3) is 0.671. The minimum absolute atomic E-state index is 0.00173. The molecular formula is C76H111N16O44P5S3. The molecule has 0 spiro atoms. The number of phosphoric ester groups is 2. The number of H-pyrrole nitrogens is 5. The highest BCUT2D eigenvalue weighted by molar-refractivity contribution is 8.44. The van der Waals surface area contributed by atoms with Crippen LogP contribution in [0.1, 0.15) is 85.0 Å². The number of aromatic amines is 5. The van der Waals surface area contributed by atoms with E-state index in [-0.39, 0.29) is 110 Å². The Labute approximate surface area is 828 Å². The van der Waals surface area contributed by atoms with E-state index in [1.165, 1.54) is 76.4 Å². The Morgan fingerprint density at radius 3 is 1.19 bits per heavy atom. The third-order valence-electron chi connectivity index (χ3n) is 23.2. The Bertz CT molecular complexity index is 6570. The average molecular weight is 2200 g/mol. The fourth-order valence-corrected chi connectivity index (χ4v) is 22.5. The van der Waals surface area contributed by atoms with E-state index in [2.05, 4.69) is 52.1 Å². The number of fused-ring (bicyclic) bond motifs is 1. The van der Waals surface area contributed by atoms with Crippen molar-refractivity contribution >= 4 is 94.7 Å². The molecule has 0 radical (unpaired) electrons. The second kappa shape index (κ2) is 49.2. The molecule has 6 aliphatic heterocycles. The van der Waals surface area contributed by atoms with Crippen LogP contribution in [0.25, 0.3) is 11.2 Å². The summed E-state index contributed by atoms with van der Waals surface area (Å²) < 4.78 is 207. The van der Waals surface area contributed by atoms with Crippen molar-refractivity contribution in [3.05, 3.63) is 169 Å². The SMILES string of the molecule is CC[C@H]1O[C@@H](n2cc(C)c(=O)[nH]c2=O)C[C@H]1OP(O)(=S)OC[C@H]1O[C@@H](n2cnc3c(=O)[nH]c(N)nc32)C(OCCOC)[C@H]1OP(=O)(O)OC[C@H]1O[C@@H](n2cc(C)c(N)nc2=O)C(OCCOC)[C@H]1OP(=O)(O)OC[C@H]1O[C@@H](n2cc(C)c(=O)[nH]c2=O)C(OCCOC)[C@H]1OP(=O)(S)OC[C@H]1O[C@@H](n2cc(C)c(=O)[nH]c2=O)C(OCCOC)[C@H]1OP(O)(=S)OC[C@H]1O[C@@H](n2cc(C)c(=O)[nH]c2=O)C(OCCOC)[C@H]1O. The van der Waals surface area contributed by atoms with Gasteiger partial charge in [0.25, 0.3) is 27.8 Å². The number of anilines is 2. The van der Waals surface area contributed by atoms with Crippen LogP contribution in [0, 0.1) is 34.6 Å². The molecule has 7 aromatic rings. The summed E-state index contributed by atoms with van der Waals surface area (Å²) in [5, 5.41) is 11.8. The van der Waals surface area contributed by atoms with Crippen LogP contribution in [0.5, 0.6) is 0 Å². The van der Waals surface area contributed by atoms with Crippen LogP contribution in [-0.4, -0.2) is 330 Å². The zero-order chi connectivity index (χ0) is 105. The maximum atomic E-state index is 15.5. The highest BCUT2D eigenvalue weighted by atomic mass is 32.7. The first kappa shape index (κ1) is 114. The lowest BCUT2D eigenvalue weighted by atomic mass is 10.1. The second-order valence-corrected chi connectivity index (χ2v) is 44.4. The van der Waals surface area contributed by atoms with Crippen LogP contribution >= 0.6 is 48.1 Å². The van der Waals surface area contributed by atoms with Crippen molar-refractivity contribution in [3.8, 4) is 0 Å². The summed E-state index contributed by atoms with van der Waals surface area (Å²) in [7, 11) is -5.31. The summed E-state index contributed by atoms with van der Waals surface area (Å²) >= 11 is 15.6. The summed E-state index contributed by atoms with van der Waals surface area (Å²) in [6.45, 7) is -14.0. The number of aliphatic hydroxyl groups is 1. The minimum Gasteiger partial charge on any atom is -0.387 e. The number of phosphoric acid groups is 2. The highest BCUT2D eigenvalue weighted by Crippen LogP contribution is 2.60. The maximum Gasteiger partial charge on any atom is 0.472 e. The van der Waals surface area contributed by atoms with Crippen LogP contribution in [0.3, 0.4) is 0 Å². The second-order valence-electron chi connectivity index (χ2n) is 33.2. The molecule has 6 aliphatic rings. The quantitative estimate of drug-likeness (QED) is 0.0108. The summed E-state index contributed by atoms with van der Waals surface area (Å²) in [4.78, 5) is 204. The summed E-state index contributed by atoms with van der Waals surface area (Å²) in [6.07, 6.45) is -31.8. The number of hydrogen-bond donors (Lipinski definition) is 13. The van der Waals surface area contributed by atoms with Gasteiger partial charge in [-0.3, -0.25) is 108 Å². The monoisotopic (exact) mass is 2200 g/mol. The van der Waals surface area contributed by atoms with Gasteiger partial charge >= 0.3 is 64.3 Å². The standard InChI is InChI=1S/C76H111N16O44P5S3/c1-12-40-41(23-47(126-40)87-25-36(3)61(94)83-73(87)100)132-139(108,142)124-32-45-51(56(118-20-15-113-9)70(131-45)92-34-79-48-60(92)81-71(78)82-65(48)98)134-137(104,105)121-30-43-50(55(117-19-14-112-8)67(128-43)88-24-35(2)59(77)80-72(88)99)133-138(106,107)122-31-44-52(57(119-21-16-114-10)68(129-44)90-27-38(5)63(96)85-75(90)102)135-141(110,144)125-33-46-53(58(120-22-17-115-11)69(130-46)91-28-39(6)64(97)86-76(91)103)136-140(109,143)123-29-42-49(93)54(116-18-13-111-7)66(127-42)89-26-37(4)62(95)84-74(89)101/h24-28,34,40-47,49-58,66-70,93H,12-23,29-33H2,1-11H3,(H,104,105)(H,106,107)(H,108,142)(H,109,143)(H,110,144)(H2,77,80,99)(H,83,94,100)(H,84,95,101)(H,85,96,102)(H,86,97,103)(H3,78,81,82,98)/t40-,41-,42-,43-,44-,45-,46-,47-,49+,50+,51+,52+,53+,54?,55?,56?,57?,58?,66-,67-,68-,69-,70-,139?,140?,141?/m1/s1. The first-order valence-corrected chi connectivity index (χ1v) is 54.9. The van der Waals surface area contributed by atoms with Crippen LogP contribution in [0.2, 0.25) is 0 Å². The first-order chi connectivity index (χ1) is 68.2. The molecule has 0 aliphatic carbocycles. The van der Waals surface area contributed by atoms with Gasteiger partial charge in [-0.05, 0) is 64.7 Å². The summed E-state index contributed by atoms with van der Waals surface area (Å²) in [5.41, 5.74) is 2.76. The molecule has 68 heteroatoms. The number of nitrogen functional groups attached to an aromatic ring is 2. The average Bonchev–Trinajstić information content (AvgIpc) is 1.58. The van der Waals surface area contributed by atoms with Crippen molar-refractivity contribution in [3.63, 3.8) is 0 Å². The number of thiol groups is 1. The number of imidazole rings is 1. The molecule has 60 nitrogen and oxygen atoms in total. The lowest BCUT2D eigenvalue weighted by Gasteiger charge is -2.30.